The lowest BCUT2D eigenvalue weighted by Gasteiger charge is -2.10. The van der Waals surface area contributed by atoms with Gasteiger partial charge in [-0.1, -0.05) is 18.2 Å². The minimum Gasteiger partial charge on any atom is -0.381 e. The van der Waals surface area contributed by atoms with Gasteiger partial charge in [0.15, 0.2) is 17.5 Å². The van der Waals surface area contributed by atoms with Crippen LogP contribution < -0.4 is 5.32 Å². The topological polar surface area (TPSA) is 24.9 Å². The fraction of sp³-hybridized carbons (Fsp3) is 0.0625. The first-order valence-electron chi connectivity index (χ1n) is 6.35. The van der Waals surface area contributed by atoms with Crippen molar-refractivity contribution in [3.63, 3.8) is 0 Å². The Morgan fingerprint density at radius 1 is 1.00 bits per heavy atom. The first-order chi connectivity index (χ1) is 10.1. The number of pyridine rings is 1. The maximum absolute atomic E-state index is 13.2. The number of hydrogen-bond donors (Lipinski definition) is 1. The molecule has 0 fully saturated rings. The van der Waals surface area contributed by atoms with Crippen molar-refractivity contribution < 1.29 is 13.2 Å². The molecule has 2 aromatic carbocycles. The Hall–Kier alpha value is -2.56. The highest BCUT2D eigenvalue weighted by Gasteiger charge is 2.10. The first kappa shape index (κ1) is 13.4. The molecule has 0 saturated heterocycles. The van der Waals surface area contributed by atoms with Crippen LogP contribution in [0.15, 0.2) is 48.8 Å². The first-order valence-corrected chi connectivity index (χ1v) is 6.35. The fourth-order valence-corrected chi connectivity index (χ4v) is 2.20. The highest BCUT2D eigenvalue weighted by Crippen LogP contribution is 2.21. The van der Waals surface area contributed by atoms with E-state index in [2.05, 4.69) is 10.3 Å². The zero-order chi connectivity index (χ0) is 14.8. The number of nitrogens with zero attached hydrogens (tertiary/aromatic N) is 1. The zero-order valence-electron chi connectivity index (χ0n) is 10.9. The summed E-state index contributed by atoms with van der Waals surface area (Å²) in [6.07, 6.45) is 3.43. The highest BCUT2D eigenvalue weighted by molar-refractivity contribution is 5.84. The van der Waals surface area contributed by atoms with Crippen molar-refractivity contribution in [2.24, 2.45) is 0 Å². The van der Waals surface area contributed by atoms with Crippen LogP contribution in [0.1, 0.15) is 5.56 Å². The summed E-state index contributed by atoms with van der Waals surface area (Å²) in [6.45, 7) is 0.367. The minimum absolute atomic E-state index is 0.192. The summed E-state index contributed by atoms with van der Waals surface area (Å²) in [5, 5.41) is 4.88. The van der Waals surface area contributed by atoms with Crippen LogP contribution in [-0.4, -0.2) is 4.98 Å². The maximum atomic E-state index is 13.2. The number of fused-ring (bicyclic) bond motifs is 1. The molecule has 0 amide bonds. The summed E-state index contributed by atoms with van der Waals surface area (Å²) >= 11 is 0. The van der Waals surface area contributed by atoms with E-state index in [1.807, 2.05) is 24.3 Å². The van der Waals surface area contributed by atoms with Crippen molar-refractivity contribution in [3.8, 4) is 0 Å². The Kier molecular flexibility index (Phi) is 3.48. The average molecular weight is 288 g/mol. The maximum Gasteiger partial charge on any atom is 0.194 e. The lowest BCUT2D eigenvalue weighted by Crippen LogP contribution is -2.02. The van der Waals surface area contributed by atoms with Gasteiger partial charge in [-0.3, -0.25) is 4.98 Å². The second kappa shape index (κ2) is 5.44. The number of nitrogens with one attached hydrogen (secondary N) is 1. The van der Waals surface area contributed by atoms with Crippen LogP contribution in [0.25, 0.3) is 10.8 Å². The monoisotopic (exact) mass is 288 g/mol. The Balaban J connectivity index is 1.87. The molecule has 1 aromatic heterocycles. The Labute approximate surface area is 119 Å². The summed E-state index contributed by atoms with van der Waals surface area (Å²) in [5.74, 6) is -3.88. The van der Waals surface area contributed by atoms with Gasteiger partial charge in [0, 0.05) is 42.1 Å². The Morgan fingerprint density at radius 3 is 2.52 bits per heavy atom. The van der Waals surface area contributed by atoms with Crippen LogP contribution in [0.2, 0.25) is 0 Å². The summed E-state index contributed by atoms with van der Waals surface area (Å²) in [4.78, 5) is 4.04. The second-order valence-electron chi connectivity index (χ2n) is 4.62. The molecule has 0 spiro atoms. The summed E-state index contributed by atoms with van der Waals surface area (Å²) < 4.78 is 39.2. The van der Waals surface area contributed by atoms with Gasteiger partial charge in [0.25, 0.3) is 0 Å². The van der Waals surface area contributed by atoms with Crippen LogP contribution in [0.3, 0.4) is 0 Å². The summed E-state index contributed by atoms with van der Waals surface area (Å²) in [6, 6.07) is 9.47. The largest absolute Gasteiger partial charge is 0.381 e. The number of hydrogen-bond acceptors (Lipinski definition) is 2. The quantitative estimate of drug-likeness (QED) is 0.728. The van der Waals surface area contributed by atoms with Crippen molar-refractivity contribution in [1.29, 1.82) is 0 Å². The SMILES string of the molecule is Fc1cc(NCc2cccc3cnccc23)cc(F)c1F. The van der Waals surface area contributed by atoms with E-state index in [0.29, 0.717) is 6.54 Å². The van der Waals surface area contributed by atoms with Gasteiger partial charge >= 0.3 is 0 Å². The van der Waals surface area contributed by atoms with E-state index < -0.39 is 17.5 Å². The number of halogens is 3. The van der Waals surface area contributed by atoms with Crippen molar-refractivity contribution in [1.82, 2.24) is 4.98 Å². The third-order valence-electron chi connectivity index (χ3n) is 3.24. The molecule has 2 nitrogen and oxygen atoms in total. The molecule has 1 N–H and O–H groups in total. The molecular formula is C16H11F3N2. The van der Waals surface area contributed by atoms with Gasteiger partial charge in [-0.15, -0.1) is 0 Å². The number of aromatic nitrogens is 1. The van der Waals surface area contributed by atoms with Gasteiger partial charge < -0.3 is 5.32 Å². The lowest BCUT2D eigenvalue weighted by molar-refractivity contribution is 0.447. The third kappa shape index (κ3) is 2.67. The fourth-order valence-electron chi connectivity index (χ4n) is 2.20. The molecule has 0 radical (unpaired) electrons. The molecule has 0 atom stereocenters. The van der Waals surface area contributed by atoms with Crippen LogP contribution in [0, 0.1) is 17.5 Å². The predicted octanol–water partition coefficient (Wildman–Crippen LogP) is 4.26. The zero-order valence-corrected chi connectivity index (χ0v) is 10.9. The van der Waals surface area contributed by atoms with Gasteiger partial charge in [0.1, 0.15) is 0 Å². The van der Waals surface area contributed by atoms with Crippen LogP contribution in [0.5, 0.6) is 0 Å². The number of benzene rings is 2. The van der Waals surface area contributed by atoms with E-state index >= 15 is 0 Å². The third-order valence-corrected chi connectivity index (χ3v) is 3.24. The van der Waals surface area contributed by atoms with Crippen LogP contribution in [-0.2, 0) is 6.54 Å². The van der Waals surface area contributed by atoms with Crippen molar-refractivity contribution >= 4 is 16.5 Å². The Bertz CT molecular complexity index is 774. The smallest absolute Gasteiger partial charge is 0.194 e. The molecule has 0 aliphatic rings. The number of rotatable bonds is 3. The molecule has 21 heavy (non-hydrogen) atoms. The molecule has 0 aliphatic carbocycles. The molecule has 106 valence electrons. The molecule has 1 heterocycles. The van der Waals surface area contributed by atoms with Gasteiger partial charge in [0.2, 0.25) is 0 Å². The van der Waals surface area contributed by atoms with E-state index in [1.165, 1.54) is 0 Å². The standard InChI is InChI=1S/C16H11F3N2/c17-14-6-12(7-15(18)16(14)19)21-9-11-3-1-2-10-8-20-5-4-13(10)11/h1-8,21H,9H2. The molecular weight excluding hydrogens is 277 g/mol. The molecule has 3 aromatic rings. The molecule has 0 saturated carbocycles. The second-order valence-corrected chi connectivity index (χ2v) is 4.62. The average Bonchev–Trinajstić information content (AvgIpc) is 2.50. The van der Waals surface area contributed by atoms with Gasteiger partial charge in [-0.25, -0.2) is 13.2 Å². The van der Waals surface area contributed by atoms with Gasteiger partial charge in [0.05, 0.1) is 0 Å². The van der Waals surface area contributed by atoms with Gasteiger partial charge in [-0.05, 0) is 17.0 Å². The Morgan fingerprint density at radius 2 is 1.76 bits per heavy atom. The summed E-state index contributed by atoms with van der Waals surface area (Å²) in [5.41, 5.74) is 1.15. The van der Waals surface area contributed by atoms with E-state index in [-0.39, 0.29) is 5.69 Å². The number of anilines is 1. The normalized spacial score (nSPS) is 10.8. The molecule has 0 bridgehead atoms. The lowest BCUT2D eigenvalue weighted by atomic mass is 10.1. The van der Waals surface area contributed by atoms with E-state index in [0.717, 1.165) is 28.5 Å². The van der Waals surface area contributed by atoms with Crippen molar-refractivity contribution in [2.45, 2.75) is 6.54 Å². The molecule has 0 unspecified atom stereocenters. The summed E-state index contributed by atoms with van der Waals surface area (Å²) in [7, 11) is 0. The van der Waals surface area contributed by atoms with E-state index in [4.69, 9.17) is 0 Å². The predicted molar refractivity (Wildman–Crippen MR) is 75.4 cm³/mol. The van der Waals surface area contributed by atoms with Crippen LogP contribution >= 0.6 is 0 Å². The van der Waals surface area contributed by atoms with Crippen molar-refractivity contribution in [2.75, 3.05) is 5.32 Å². The minimum atomic E-state index is -1.46. The highest BCUT2D eigenvalue weighted by atomic mass is 19.2. The van der Waals surface area contributed by atoms with E-state index in [1.54, 1.807) is 12.4 Å². The van der Waals surface area contributed by atoms with Gasteiger partial charge in [-0.2, -0.15) is 0 Å². The van der Waals surface area contributed by atoms with Crippen molar-refractivity contribution in [3.05, 3.63) is 71.8 Å². The molecule has 3 rings (SSSR count). The van der Waals surface area contributed by atoms with E-state index in [9.17, 15) is 13.2 Å². The van der Waals surface area contributed by atoms with Crippen LogP contribution in [0.4, 0.5) is 18.9 Å². The molecule has 5 heteroatoms. The molecule has 0 aliphatic heterocycles.